The molecule has 98 valence electrons. The molecule has 0 spiro atoms. The lowest BCUT2D eigenvalue weighted by Crippen LogP contribution is -2.02. The Morgan fingerprint density at radius 2 is 2.21 bits per heavy atom. The average Bonchev–Trinajstić information content (AvgIpc) is 2.34. The van der Waals surface area contributed by atoms with E-state index in [-0.39, 0.29) is 17.2 Å². The van der Waals surface area contributed by atoms with E-state index in [4.69, 9.17) is 21.4 Å². The summed E-state index contributed by atoms with van der Waals surface area (Å²) in [5.41, 5.74) is 0.765. The van der Waals surface area contributed by atoms with Gasteiger partial charge in [0.25, 0.3) is 0 Å². The van der Waals surface area contributed by atoms with E-state index in [1.807, 2.05) is 0 Å². The zero-order chi connectivity index (χ0) is 14.0. The van der Waals surface area contributed by atoms with Crippen LogP contribution >= 0.6 is 27.5 Å². The van der Waals surface area contributed by atoms with Crippen molar-refractivity contribution in [1.29, 1.82) is 0 Å². The van der Waals surface area contributed by atoms with Gasteiger partial charge in [-0.15, -0.1) is 0 Å². The van der Waals surface area contributed by atoms with Crippen molar-refractivity contribution in [3.63, 3.8) is 0 Å². The largest absolute Gasteiger partial charge is 0.478 e. The van der Waals surface area contributed by atoms with Crippen molar-refractivity contribution in [1.82, 2.24) is 4.98 Å². The fraction of sp³-hybridized carbons (Fsp3) is 0.0769. The van der Waals surface area contributed by atoms with Gasteiger partial charge in [-0.1, -0.05) is 23.7 Å². The summed E-state index contributed by atoms with van der Waals surface area (Å²) in [6, 6.07) is 6.51. The lowest BCUT2D eigenvalue weighted by atomic mass is 10.1. The number of rotatable bonds is 3. The second-order valence-electron chi connectivity index (χ2n) is 3.80. The van der Waals surface area contributed by atoms with Crippen molar-refractivity contribution >= 4 is 33.5 Å². The Balaban J connectivity index is 2.46. The molecule has 6 heteroatoms. The maximum absolute atomic E-state index is 11.2. The number of halogens is 2. The summed E-state index contributed by atoms with van der Waals surface area (Å²) in [7, 11) is 0. The molecule has 0 saturated carbocycles. The molecule has 1 N–H and O–H groups in total. The van der Waals surface area contributed by atoms with Gasteiger partial charge in [0.2, 0.25) is 5.88 Å². The normalized spacial score (nSPS) is 10.3. The first kappa shape index (κ1) is 13.8. The van der Waals surface area contributed by atoms with E-state index in [1.54, 1.807) is 25.1 Å². The van der Waals surface area contributed by atoms with Gasteiger partial charge in [-0.25, -0.2) is 9.78 Å². The number of para-hydroxylation sites is 1. The van der Waals surface area contributed by atoms with Gasteiger partial charge in [0.05, 0.1) is 0 Å². The first-order chi connectivity index (χ1) is 8.99. The van der Waals surface area contributed by atoms with Gasteiger partial charge in [0.1, 0.15) is 16.3 Å². The Hall–Kier alpha value is -1.59. The number of nitrogens with zero attached hydrogens (tertiary/aromatic N) is 1. The summed E-state index contributed by atoms with van der Waals surface area (Å²) >= 11 is 9.24. The monoisotopic (exact) mass is 341 g/mol. The number of pyridine rings is 1. The summed E-state index contributed by atoms with van der Waals surface area (Å²) in [5, 5.41) is 9.44. The molecule has 4 nitrogen and oxygen atoms in total. The van der Waals surface area contributed by atoms with Crippen LogP contribution in [0.25, 0.3) is 0 Å². The zero-order valence-electron chi connectivity index (χ0n) is 9.85. The van der Waals surface area contributed by atoms with E-state index in [0.717, 1.165) is 0 Å². The van der Waals surface area contributed by atoms with Crippen LogP contribution in [-0.4, -0.2) is 16.1 Å². The second-order valence-corrected chi connectivity index (χ2v) is 5.12. The van der Waals surface area contributed by atoms with Crippen molar-refractivity contribution in [3.05, 3.63) is 51.1 Å². The van der Waals surface area contributed by atoms with E-state index >= 15 is 0 Å². The Morgan fingerprint density at radius 3 is 2.84 bits per heavy atom. The molecule has 0 aliphatic rings. The second kappa shape index (κ2) is 5.59. The van der Waals surface area contributed by atoms with Gasteiger partial charge < -0.3 is 9.84 Å². The van der Waals surface area contributed by atoms with Gasteiger partial charge >= 0.3 is 5.97 Å². The molecule has 0 bridgehead atoms. The van der Waals surface area contributed by atoms with E-state index in [2.05, 4.69) is 20.9 Å². The number of aromatic nitrogens is 1. The third-order valence-corrected chi connectivity index (χ3v) is 3.12. The summed E-state index contributed by atoms with van der Waals surface area (Å²) in [4.78, 5) is 15.2. The maximum Gasteiger partial charge on any atom is 0.339 e. The van der Waals surface area contributed by atoms with Gasteiger partial charge in [-0.05, 0) is 40.5 Å². The minimum Gasteiger partial charge on any atom is -0.478 e. The van der Waals surface area contributed by atoms with E-state index in [0.29, 0.717) is 15.1 Å². The van der Waals surface area contributed by atoms with Crippen molar-refractivity contribution in [2.45, 2.75) is 6.92 Å². The van der Waals surface area contributed by atoms with Crippen molar-refractivity contribution < 1.29 is 14.6 Å². The number of benzene rings is 1. The van der Waals surface area contributed by atoms with Crippen LogP contribution in [0.2, 0.25) is 5.02 Å². The molecule has 0 aliphatic heterocycles. The highest BCUT2D eigenvalue weighted by atomic mass is 79.9. The number of carbonyl (C=O) groups is 1. The predicted molar refractivity (Wildman–Crippen MR) is 75.2 cm³/mol. The molecular weight excluding hydrogens is 334 g/mol. The van der Waals surface area contributed by atoms with Crippen LogP contribution < -0.4 is 4.74 Å². The molecule has 0 radical (unpaired) electrons. The molecule has 1 heterocycles. The fourth-order valence-corrected chi connectivity index (χ4v) is 2.20. The molecule has 0 atom stereocenters. The molecule has 1 aromatic carbocycles. The molecule has 1 aromatic heterocycles. The molecule has 0 fully saturated rings. The summed E-state index contributed by atoms with van der Waals surface area (Å²) in [6.07, 6.45) is 1.53. The minimum absolute atomic E-state index is 0.0702. The third-order valence-electron chi connectivity index (χ3n) is 2.42. The molecule has 0 saturated heterocycles. The molecule has 0 unspecified atom stereocenters. The Kier molecular flexibility index (Phi) is 4.07. The zero-order valence-corrected chi connectivity index (χ0v) is 12.2. The topological polar surface area (TPSA) is 59.4 Å². The number of ether oxygens (including phenoxy) is 1. The lowest BCUT2D eigenvalue weighted by Gasteiger charge is -2.11. The van der Waals surface area contributed by atoms with E-state index in [1.165, 1.54) is 12.3 Å². The van der Waals surface area contributed by atoms with E-state index in [9.17, 15) is 4.79 Å². The van der Waals surface area contributed by atoms with Crippen LogP contribution in [-0.2, 0) is 0 Å². The quantitative estimate of drug-likeness (QED) is 0.903. The number of aromatic carboxylic acids is 1. The highest BCUT2D eigenvalue weighted by Gasteiger charge is 2.16. The summed E-state index contributed by atoms with van der Waals surface area (Å²) in [5.74, 6) is -0.652. The van der Waals surface area contributed by atoms with Crippen molar-refractivity contribution in [3.8, 4) is 11.6 Å². The number of hydrogen-bond donors (Lipinski definition) is 1. The molecular formula is C13H9BrClNO3. The highest BCUT2D eigenvalue weighted by Crippen LogP contribution is 2.33. The van der Waals surface area contributed by atoms with Gasteiger partial charge in [-0.2, -0.15) is 0 Å². The molecule has 19 heavy (non-hydrogen) atoms. The third kappa shape index (κ3) is 3.05. The van der Waals surface area contributed by atoms with Crippen LogP contribution in [0, 0.1) is 6.92 Å². The van der Waals surface area contributed by atoms with Crippen LogP contribution in [0.3, 0.4) is 0 Å². The first-order valence-electron chi connectivity index (χ1n) is 5.31. The van der Waals surface area contributed by atoms with Crippen LogP contribution in [0.5, 0.6) is 11.6 Å². The molecule has 2 aromatic rings. The maximum atomic E-state index is 11.2. The van der Waals surface area contributed by atoms with Crippen LogP contribution in [0.4, 0.5) is 0 Å². The highest BCUT2D eigenvalue weighted by molar-refractivity contribution is 9.10. The number of carboxylic acids is 1. The predicted octanol–water partition coefficient (Wildman–Crippen LogP) is 4.30. The van der Waals surface area contributed by atoms with Gasteiger partial charge in [0.15, 0.2) is 0 Å². The van der Waals surface area contributed by atoms with Crippen LogP contribution in [0.15, 0.2) is 34.9 Å². The molecule has 2 rings (SSSR count). The van der Waals surface area contributed by atoms with E-state index < -0.39 is 5.97 Å². The number of carboxylic acid groups (broad SMARTS) is 1. The number of aryl methyl sites for hydroxylation is 1. The lowest BCUT2D eigenvalue weighted by molar-refractivity contribution is 0.0694. The SMILES string of the molecule is Cc1cccc(C(=O)O)c1Oc1ncc(Br)cc1Cl. The minimum atomic E-state index is -1.06. The Labute approximate surface area is 123 Å². The number of hydrogen-bond acceptors (Lipinski definition) is 3. The summed E-state index contributed by atoms with van der Waals surface area (Å²) in [6.45, 7) is 1.76. The standard InChI is InChI=1S/C13H9BrClNO3/c1-7-3-2-4-9(13(17)18)11(7)19-12-10(15)5-8(14)6-16-12/h2-6H,1H3,(H,17,18). The fourth-order valence-electron chi connectivity index (χ4n) is 1.53. The van der Waals surface area contributed by atoms with Crippen molar-refractivity contribution in [2.75, 3.05) is 0 Å². The first-order valence-corrected chi connectivity index (χ1v) is 6.48. The molecule has 0 amide bonds. The Bertz CT molecular complexity index is 646. The summed E-state index contributed by atoms with van der Waals surface area (Å²) < 4.78 is 6.26. The smallest absolute Gasteiger partial charge is 0.339 e. The van der Waals surface area contributed by atoms with Crippen molar-refractivity contribution in [2.24, 2.45) is 0 Å². The average molecular weight is 343 g/mol. The van der Waals surface area contributed by atoms with Crippen LogP contribution in [0.1, 0.15) is 15.9 Å². The Morgan fingerprint density at radius 1 is 1.47 bits per heavy atom. The molecule has 0 aliphatic carbocycles. The van der Waals surface area contributed by atoms with Gasteiger partial charge in [0, 0.05) is 10.7 Å². The van der Waals surface area contributed by atoms with Gasteiger partial charge in [-0.3, -0.25) is 0 Å².